The van der Waals surface area contributed by atoms with Gasteiger partial charge in [-0.15, -0.1) is 11.3 Å². The second kappa shape index (κ2) is 8.65. The number of thiophene rings is 1. The van der Waals surface area contributed by atoms with Crippen LogP contribution < -0.4 is 15.5 Å². The Labute approximate surface area is 208 Å². The van der Waals surface area contributed by atoms with Crippen LogP contribution in [0, 0.1) is 0 Å². The van der Waals surface area contributed by atoms with Crippen LogP contribution in [0.25, 0.3) is 38.3 Å². The van der Waals surface area contributed by atoms with Crippen molar-refractivity contribution < 1.29 is 4.11 Å². The van der Waals surface area contributed by atoms with Crippen molar-refractivity contribution in [2.24, 2.45) is 0 Å². The van der Waals surface area contributed by atoms with Gasteiger partial charge in [-0.05, 0) is 56.4 Å². The van der Waals surface area contributed by atoms with E-state index in [1.54, 1.807) is 11.0 Å². The minimum atomic E-state index is -2.06. The van der Waals surface area contributed by atoms with Crippen LogP contribution in [0.4, 0.5) is 11.5 Å². The number of pyridine rings is 2. The summed E-state index contributed by atoms with van der Waals surface area (Å²) in [6.45, 7) is 8.02. The Hall–Kier alpha value is -3.00. The minimum Gasteiger partial charge on any atom is -0.382 e. The Balaban J connectivity index is 1.36. The highest BCUT2D eigenvalue weighted by Gasteiger charge is 2.20. The van der Waals surface area contributed by atoms with Gasteiger partial charge in [-0.25, -0.2) is 9.97 Å². The summed E-state index contributed by atoms with van der Waals surface area (Å²) in [5.74, 6) is 0.823. The average molecular weight is 474 g/mol. The highest BCUT2D eigenvalue weighted by Crippen LogP contribution is 2.41. The van der Waals surface area contributed by atoms with E-state index in [1.807, 2.05) is 17.4 Å². The topological polar surface area (TPSA) is 56.3 Å². The first-order chi connectivity index (χ1) is 17.8. The van der Waals surface area contributed by atoms with Gasteiger partial charge in [0.1, 0.15) is 5.82 Å². The molecule has 2 N–H and O–H groups in total. The monoisotopic (exact) mass is 473 g/mol. The fraction of sp³-hybridized carbons (Fsp3) is 0.333. The average Bonchev–Trinajstić information content (AvgIpc) is 3.17. The van der Waals surface area contributed by atoms with E-state index in [0.29, 0.717) is 32.2 Å². The number of hydrogen-bond acceptors (Lipinski definition) is 7. The summed E-state index contributed by atoms with van der Waals surface area (Å²) in [4.78, 5) is 14.8. The van der Waals surface area contributed by atoms with Crippen molar-refractivity contribution in [3.63, 3.8) is 0 Å². The molecular formula is C27H30N6S. The molecule has 6 rings (SSSR count). The highest BCUT2D eigenvalue weighted by atomic mass is 32.1. The molecule has 6 nitrogen and oxygen atoms in total. The van der Waals surface area contributed by atoms with E-state index in [4.69, 9.17) is 14.1 Å². The summed E-state index contributed by atoms with van der Waals surface area (Å²) in [6, 6.07) is 13.0. The van der Waals surface area contributed by atoms with E-state index >= 15 is 0 Å². The van der Waals surface area contributed by atoms with Crippen molar-refractivity contribution >= 4 is 49.9 Å². The summed E-state index contributed by atoms with van der Waals surface area (Å²) in [5.41, 5.74) is 4.82. The third-order valence-electron chi connectivity index (χ3n) is 6.73. The molecule has 0 radical (unpaired) electrons. The molecule has 1 aromatic carbocycles. The number of likely N-dealkylation sites (N-methyl/N-ethyl adjacent to an activating group) is 1. The van der Waals surface area contributed by atoms with Crippen LogP contribution in [-0.4, -0.2) is 60.6 Å². The van der Waals surface area contributed by atoms with E-state index < -0.39 is 6.98 Å². The first-order valence-corrected chi connectivity index (χ1v) is 12.6. The quantitative estimate of drug-likeness (QED) is 0.445. The Bertz CT molecular complexity index is 1490. The number of hydrogen-bond donors (Lipinski definition) is 2. The molecule has 5 heterocycles. The molecule has 0 amide bonds. The molecule has 34 heavy (non-hydrogen) atoms. The Kier molecular flexibility index (Phi) is 4.67. The molecule has 0 unspecified atom stereocenters. The van der Waals surface area contributed by atoms with Gasteiger partial charge in [-0.3, -0.25) is 0 Å². The van der Waals surface area contributed by atoms with Gasteiger partial charge in [0.2, 0.25) is 0 Å². The van der Waals surface area contributed by atoms with Gasteiger partial charge in [0.15, 0.2) is 0 Å². The molecule has 1 saturated heterocycles. The number of rotatable bonds is 3. The Morgan fingerprint density at radius 3 is 2.85 bits per heavy atom. The lowest BCUT2D eigenvalue weighted by atomic mass is 10.1. The summed E-state index contributed by atoms with van der Waals surface area (Å²) in [6.07, 6.45) is 1.75. The maximum Gasteiger partial charge on any atom is 0.129 e. The first kappa shape index (κ1) is 18.3. The maximum absolute atomic E-state index is 7.68. The largest absolute Gasteiger partial charge is 0.382 e. The molecule has 0 aliphatic carbocycles. The third-order valence-corrected chi connectivity index (χ3v) is 7.89. The molecule has 0 spiro atoms. The van der Waals surface area contributed by atoms with E-state index in [1.165, 1.54) is 20.7 Å². The predicted octanol–water partition coefficient (Wildman–Crippen LogP) is 4.81. The van der Waals surface area contributed by atoms with Crippen molar-refractivity contribution in [2.75, 3.05) is 49.9 Å². The lowest BCUT2D eigenvalue weighted by molar-refractivity contribution is 0.312. The molecule has 1 atom stereocenters. The number of nitrogens with one attached hydrogen (secondary N) is 2. The molecule has 174 valence electrons. The molecule has 4 aromatic rings. The van der Waals surface area contributed by atoms with Crippen molar-refractivity contribution in [3.05, 3.63) is 53.5 Å². The zero-order chi connectivity index (χ0) is 25.7. The van der Waals surface area contributed by atoms with Crippen LogP contribution in [-0.2, 0) is 6.54 Å². The summed E-state index contributed by atoms with van der Waals surface area (Å²) >= 11 is 1.84. The molecule has 2 aliphatic heterocycles. The van der Waals surface area contributed by atoms with Gasteiger partial charge < -0.3 is 20.4 Å². The van der Waals surface area contributed by atoms with Crippen molar-refractivity contribution in [1.82, 2.24) is 20.2 Å². The van der Waals surface area contributed by atoms with Crippen LogP contribution in [0.1, 0.15) is 21.6 Å². The van der Waals surface area contributed by atoms with E-state index in [0.717, 1.165) is 46.8 Å². The number of nitrogens with zero attached hydrogens (tertiary/aromatic N) is 4. The standard InChI is InChI=1S/C27H30N6S/c1-4-19-13-18(14-25(30-19)33-11-9-32(3)10-12-33)21-6-5-20-22(31-21)7-8-23-26(20)27-24(34-23)16-28-17(2)15-29-27/h4-8,13-14,17,28-29H,1,9-12,15-16H2,2-3H3/t17-/m1/s1/i3D3. The van der Waals surface area contributed by atoms with Gasteiger partial charge >= 0.3 is 0 Å². The van der Waals surface area contributed by atoms with Crippen molar-refractivity contribution in [1.29, 1.82) is 0 Å². The van der Waals surface area contributed by atoms with Crippen molar-refractivity contribution in [2.45, 2.75) is 19.5 Å². The number of benzene rings is 1. The smallest absolute Gasteiger partial charge is 0.129 e. The van der Waals surface area contributed by atoms with E-state index in [9.17, 15) is 0 Å². The normalized spacial score (nSPS) is 20.8. The van der Waals surface area contributed by atoms with Gasteiger partial charge in [-0.2, -0.15) is 0 Å². The fourth-order valence-corrected chi connectivity index (χ4v) is 5.95. The predicted molar refractivity (Wildman–Crippen MR) is 145 cm³/mol. The summed E-state index contributed by atoms with van der Waals surface area (Å²) in [7, 11) is 0. The SMILES string of the molecule is [2H]C([2H])([2H])N1CCN(c2cc(-c3ccc4c(ccc5sc6c(c54)NC[C@@H](C)NC6)n3)cc(C=C)n2)CC1. The van der Waals surface area contributed by atoms with E-state index in [-0.39, 0.29) is 0 Å². The lowest BCUT2D eigenvalue weighted by Crippen LogP contribution is -2.44. The molecule has 7 heteroatoms. The zero-order valence-electron chi connectivity index (χ0n) is 22.3. The maximum atomic E-state index is 7.68. The number of fused-ring (bicyclic) bond motifs is 5. The number of aromatic nitrogens is 2. The van der Waals surface area contributed by atoms with Crippen LogP contribution >= 0.6 is 11.3 Å². The lowest BCUT2D eigenvalue weighted by Gasteiger charge is -2.33. The summed E-state index contributed by atoms with van der Waals surface area (Å²) < 4.78 is 24.3. The molecule has 2 aliphatic rings. The zero-order valence-corrected chi connectivity index (χ0v) is 20.1. The minimum absolute atomic E-state index is 0.422. The molecule has 0 bridgehead atoms. The van der Waals surface area contributed by atoms with Gasteiger partial charge in [0.05, 0.1) is 22.6 Å². The Morgan fingerprint density at radius 1 is 1.15 bits per heavy atom. The second-order valence-corrected chi connectivity index (χ2v) is 10.2. The van der Waals surface area contributed by atoms with Gasteiger partial charge in [0.25, 0.3) is 0 Å². The van der Waals surface area contributed by atoms with Crippen LogP contribution in [0.2, 0.25) is 0 Å². The van der Waals surface area contributed by atoms with Crippen LogP contribution in [0.15, 0.2) is 43.0 Å². The van der Waals surface area contributed by atoms with Gasteiger partial charge in [0, 0.05) is 75.3 Å². The molecule has 3 aromatic heterocycles. The second-order valence-electron chi connectivity index (χ2n) is 9.08. The Morgan fingerprint density at radius 2 is 2.03 bits per heavy atom. The van der Waals surface area contributed by atoms with Crippen LogP contribution in [0.3, 0.4) is 0 Å². The number of piperazine rings is 1. The molecule has 0 saturated carbocycles. The van der Waals surface area contributed by atoms with Crippen molar-refractivity contribution in [3.8, 4) is 11.3 Å². The highest BCUT2D eigenvalue weighted by molar-refractivity contribution is 7.20. The van der Waals surface area contributed by atoms with Crippen LogP contribution in [0.5, 0.6) is 0 Å². The first-order valence-electron chi connectivity index (χ1n) is 13.3. The summed E-state index contributed by atoms with van der Waals surface area (Å²) in [5, 5.41) is 9.65. The molecule has 1 fully saturated rings. The molecular weight excluding hydrogens is 440 g/mol. The number of anilines is 2. The van der Waals surface area contributed by atoms with E-state index in [2.05, 4.69) is 59.4 Å². The third kappa shape index (κ3) is 3.83. The fourth-order valence-electron chi connectivity index (χ4n) is 4.80. The van der Waals surface area contributed by atoms with Gasteiger partial charge in [-0.1, -0.05) is 6.58 Å².